The van der Waals surface area contributed by atoms with E-state index in [9.17, 15) is 14.4 Å². The summed E-state index contributed by atoms with van der Waals surface area (Å²) in [4.78, 5) is 42.5. The van der Waals surface area contributed by atoms with Crippen molar-refractivity contribution in [2.75, 3.05) is 108 Å². The van der Waals surface area contributed by atoms with E-state index >= 15 is 0 Å². The van der Waals surface area contributed by atoms with E-state index < -0.39 is 56.8 Å². The number of rotatable bonds is 53. The molecule has 4 unspecified atom stereocenters. The topological polar surface area (TPSA) is 199 Å². The van der Waals surface area contributed by atoms with Gasteiger partial charge >= 0.3 is 0 Å². The number of nitrogens with zero attached hydrogens (tertiary/aromatic N) is 2. The highest BCUT2D eigenvalue weighted by Crippen LogP contribution is 2.38. The van der Waals surface area contributed by atoms with E-state index in [2.05, 4.69) is 183 Å². The Hall–Kier alpha value is -2.24. The second kappa shape index (κ2) is 37.5. The van der Waals surface area contributed by atoms with E-state index in [0.29, 0.717) is 111 Å². The lowest BCUT2D eigenvalue weighted by atomic mass is 9.82. The van der Waals surface area contributed by atoms with Crippen molar-refractivity contribution in [1.82, 2.24) is 10.2 Å². The van der Waals surface area contributed by atoms with Gasteiger partial charge in [-0.2, -0.15) is 0 Å². The van der Waals surface area contributed by atoms with E-state index in [1.807, 2.05) is 0 Å². The van der Waals surface area contributed by atoms with Crippen LogP contribution in [0.15, 0.2) is 4.99 Å². The zero-order chi connectivity index (χ0) is 70.2. The molecule has 0 saturated carbocycles. The molecule has 4 atom stereocenters. The Morgan fingerprint density at radius 3 is 1.07 bits per heavy atom. The van der Waals surface area contributed by atoms with Gasteiger partial charge in [-0.05, 0) is 237 Å². The van der Waals surface area contributed by atoms with Gasteiger partial charge in [0.1, 0.15) is 6.04 Å². The Kier molecular flexibility index (Phi) is 35.7. The quantitative estimate of drug-likeness (QED) is 0.0342. The summed E-state index contributed by atoms with van der Waals surface area (Å²) in [7, 11) is 6.94. The molecule has 1 fully saturated rings. The van der Waals surface area contributed by atoms with Crippen molar-refractivity contribution in [2.24, 2.45) is 22.7 Å². The number of nitrogens with one attached hydrogen (secondary N) is 1. The summed E-state index contributed by atoms with van der Waals surface area (Å²) in [6.45, 7) is 59.3. The molecule has 1 rings (SSSR count). The second-order valence-corrected chi connectivity index (χ2v) is 32.7. The number of methoxy groups -OCH3 is 4. The molecule has 91 heavy (non-hydrogen) atoms. The average molecular weight is 1300 g/mol. The lowest BCUT2D eigenvalue weighted by molar-refractivity contribution is -0.157. The number of imide groups is 1. The van der Waals surface area contributed by atoms with Crippen molar-refractivity contribution in [2.45, 2.75) is 316 Å². The summed E-state index contributed by atoms with van der Waals surface area (Å²) in [5, 5.41) is 2.91. The molecule has 0 aliphatic carbocycles. The molecule has 1 aliphatic rings. The summed E-state index contributed by atoms with van der Waals surface area (Å²) in [5.41, 5.74) is -5.53. The molecule has 1 aliphatic heterocycles. The zero-order valence-electron chi connectivity index (χ0n) is 63.4. The SMILES string of the molecule is C=NC1CC(=O)N(CCC(=O)NCCCOCC(CC(C)(C)OCCC(C)(C)OCC(CC(C)(C)OCCC(C)(C)OC)C(C)(C)OCCC(C)(C)OC)C(C)(C)OCCC(C)(C)OCC(CC(C)(C)OCCC(C)(C)OC)C(C)(C)OCCC(C)(C)OC)C1=O. The minimum absolute atomic E-state index is 0.00319. The van der Waals surface area contributed by atoms with Crippen LogP contribution in [0.3, 0.4) is 0 Å². The highest BCUT2D eigenvalue weighted by molar-refractivity contribution is 6.06. The standard InChI is InChI=1S/C72H139N3O16/c1-61(2,79-26)32-41-84-68(15,16)49-55(71(21,22)87-44-34-63(5,6)81-28)52-90-65(9,10)36-43-86-67(13,14)48-54(51-83-40-30-38-74-58(76)31-39-75-59(77)47-57(73-25)60(75)78)70(19,20)89-46-37-66(11,12)91-53-56(72(23,24)88-45-35-64(7,8)82-29)50-69(17,18)85-42-33-62(3,4)80-27/h54-57H,25,30-53H2,1-24,26-29H3,(H,74,76). The second-order valence-electron chi connectivity index (χ2n) is 32.7. The van der Waals surface area contributed by atoms with Gasteiger partial charge in [-0.15, -0.1) is 0 Å². The molecule has 0 aromatic rings. The maximum atomic E-state index is 12.8. The normalized spacial score (nSPS) is 16.9. The maximum Gasteiger partial charge on any atom is 0.254 e. The van der Waals surface area contributed by atoms with Gasteiger partial charge in [0.25, 0.3) is 5.91 Å². The monoisotopic (exact) mass is 1300 g/mol. The highest BCUT2D eigenvalue weighted by Gasteiger charge is 2.42. The molecule has 1 N–H and O–H groups in total. The van der Waals surface area contributed by atoms with E-state index in [1.165, 1.54) is 0 Å². The van der Waals surface area contributed by atoms with Crippen molar-refractivity contribution in [3.05, 3.63) is 0 Å². The predicted octanol–water partition coefficient (Wildman–Crippen LogP) is 13.1. The average Bonchev–Trinajstić information content (AvgIpc) is 3.72. The van der Waals surface area contributed by atoms with Crippen LogP contribution in [-0.4, -0.2) is 210 Å². The number of hydrogen-bond donors (Lipinski definition) is 1. The molecule has 0 aromatic carbocycles. The van der Waals surface area contributed by atoms with Crippen LogP contribution >= 0.6 is 0 Å². The summed E-state index contributed by atoms with van der Waals surface area (Å²) >= 11 is 0. The molecule has 1 heterocycles. The van der Waals surface area contributed by atoms with E-state index in [0.717, 1.165) is 30.6 Å². The molecule has 19 heteroatoms. The third kappa shape index (κ3) is 35.5. The van der Waals surface area contributed by atoms with E-state index in [1.54, 1.807) is 28.4 Å². The smallest absolute Gasteiger partial charge is 0.254 e. The van der Waals surface area contributed by atoms with Gasteiger partial charge in [0, 0.05) is 72.3 Å². The van der Waals surface area contributed by atoms with Crippen LogP contribution in [0.1, 0.15) is 243 Å². The molecule has 3 amide bonds. The molecular formula is C72H139N3O16. The van der Waals surface area contributed by atoms with Crippen LogP contribution in [0, 0.1) is 17.8 Å². The third-order valence-corrected chi connectivity index (χ3v) is 19.0. The van der Waals surface area contributed by atoms with E-state index in [4.69, 9.17) is 61.6 Å². The van der Waals surface area contributed by atoms with Crippen molar-refractivity contribution in [3.63, 3.8) is 0 Å². The number of aliphatic imine (C=N–C) groups is 1. The number of carbonyl (C=O) groups is 3. The van der Waals surface area contributed by atoms with Gasteiger partial charge in [-0.3, -0.25) is 24.3 Å². The first-order valence-electron chi connectivity index (χ1n) is 33.9. The Balaban J connectivity index is 3.33. The maximum absolute atomic E-state index is 12.8. The molecule has 0 spiro atoms. The first-order valence-corrected chi connectivity index (χ1v) is 33.9. The first kappa shape index (κ1) is 86.8. The summed E-state index contributed by atoms with van der Waals surface area (Å²) in [6, 6.07) is -0.777. The third-order valence-electron chi connectivity index (χ3n) is 19.0. The van der Waals surface area contributed by atoms with Crippen LogP contribution in [0.5, 0.6) is 0 Å². The van der Waals surface area contributed by atoms with Crippen molar-refractivity contribution in [3.8, 4) is 0 Å². The molecule has 538 valence electrons. The molecule has 19 nitrogen and oxygen atoms in total. The van der Waals surface area contributed by atoms with Crippen molar-refractivity contribution < 1.29 is 76.0 Å². The van der Waals surface area contributed by atoms with Gasteiger partial charge < -0.3 is 66.9 Å². The minimum Gasteiger partial charge on any atom is -0.381 e. The molecule has 1 saturated heterocycles. The van der Waals surface area contributed by atoms with Crippen LogP contribution in [0.2, 0.25) is 0 Å². The predicted molar refractivity (Wildman–Crippen MR) is 364 cm³/mol. The van der Waals surface area contributed by atoms with Gasteiger partial charge in [-0.25, -0.2) is 0 Å². The number of hydrogen-bond acceptors (Lipinski definition) is 17. The Morgan fingerprint density at radius 1 is 0.451 bits per heavy atom. The van der Waals surface area contributed by atoms with E-state index in [-0.39, 0.29) is 71.4 Å². The van der Waals surface area contributed by atoms with Gasteiger partial charge in [0.2, 0.25) is 11.8 Å². The number of carbonyl (C=O) groups excluding carboxylic acids is 3. The van der Waals surface area contributed by atoms with Gasteiger partial charge in [0.15, 0.2) is 0 Å². The fourth-order valence-corrected chi connectivity index (χ4v) is 10.4. The van der Waals surface area contributed by atoms with Gasteiger partial charge in [0.05, 0.1) is 133 Å². The molecule has 0 aromatic heterocycles. The van der Waals surface area contributed by atoms with Crippen molar-refractivity contribution in [1.29, 1.82) is 0 Å². The Labute approximate surface area is 555 Å². The number of amides is 3. The van der Waals surface area contributed by atoms with Crippen LogP contribution in [0.4, 0.5) is 0 Å². The fourth-order valence-electron chi connectivity index (χ4n) is 10.4. The van der Waals surface area contributed by atoms with Gasteiger partial charge in [-0.1, -0.05) is 0 Å². The molecule has 0 bridgehead atoms. The first-order chi connectivity index (χ1) is 41.5. The zero-order valence-corrected chi connectivity index (χ0v) is 63.4. The van der Waals surface area contributed by atoms with Crippen LogP contribution in [-0.2, 0) is 76.0 Å². The summed E-state index contributed by atoms with van der Waals surface area (Å²) < 4.78 is 83.3. The lowest BCUT2D eigenvalue weighted by Gasteiger charge is -2.42. The molecule has 0 radical (unpaired) electrons. The minimum atomic E-state index is -0.777. The summed E-state index contributed by atoms with van der Waals surface area (Å²) in [5.74, 6) is -1.14. The Bertz CT molecular complexity index is 2120. The Morgan fingerprint density at radius 2 is 0.758 bits per heavy atom. The number of ether oxygens (including phenoxy) is 13. The highest BCUT2D eigenvalue weighted by atomic mass is 16.5. The lowest BCUT2D eigenvalue weighted by Crippen LogP contribution is -2.45. The molecular weight excluding hydrogens is 1160 g/mol. The van der Waals surface area contributed by atoms with Crippen LogP contribution < -0.4 is 5.32 Å². The fraction of sp³-hybridized carbons (Fsp3) is 0.944. The largest absolute Gasteiger partial charge is 0.381 e. The number of likely N-dealkylation sites (tertiary alicyclic amines) is 1. The summed E-state index contributed by atoms with van der Waals surface area (Å²) in [6.07, 6.45) is 6.89. The van der Waals surface area contributed by atoms with Crippen molar-refractivity contribution >= 4 is 24.4 Å². The van der Waals surface area contributed by atoms with Crippen LogP contribution in [0.25, 0.3) is 0 Å².